The quantitative estimate of drug-likeness (QED) is 0.0462. The van der Waals surface area contributed by atoms with E-state index in [4.69, 9.17) is 5.11 Å². The Bertz CT molecular complexity index is 1690. The number of nitrogens with zero attached hydrogens (tertiary/aromatic N) is 1. The zero-order valence-corrected chi connectivity index (χ0v) is 37.3. The summed E-state index contributed by atoms with van der Waals surface area (Å²) in [5, 5.41) is 33.7. The molecule has 346 valence electrons. The second-order valence-corrected chi connectivity index (χ2v) is 19.4. The predicted molar refractivity (Wildman–Crippen MR) is 227 cm³/mol. The van der Waals surface area contributed by atoms with E-state index in [9.17, 15) is 57.8 Å². The van der Waals surface area contributed by atoms with Gasteiger partial charge in [-0.15, -0.1) is 23.5 Å². The van der Waals surface area contributed by atoms with Crippen molar-refractivity contribution in [3.05, 3.63) is 0 Å². The zero-order valence-electron chi connectivity index (χ0n) is 35.7. The predicted octanol–water partition coefficient (Wildman–Crippen LogP) is -0.142. The van der Waals surface area contributed by atoms with E-state index in [1.54, 1.807) is 44.3 Å². The van der Waals surface area contributed by atoms with Crippen LogP contribution in [0.2, 0.25) is 0 Å². The van der Waals surface area contributed by atoms with Gasteiger partial charge in [-0.05, 0) is 43.9 Å². The lowest BCUT2D eigenvalue weighted by molar-refractivity contribution is -0.145. The number of aliphatic carboxylic acids is 2. The maximum absolute atomic E-state index is 14.9. The number of thioether (sulfide) groups is 2. The van der Waals surface area contributed by atoms with Crippen molar-refractivity contribution in [2.24, 2.45) is 11.8 Å². The minimum atomic E-state index is -1.52. The van der Waals surface area contributed by atoms with Crippen molar-refractivity contribution in [2.45, 2.75) is 145 Å². The number of rotatable bonds is 24. The summed E-state index contributed by atoms with van der Waals surface area (Å²) in [5.74, 6) is -8.30. The van der Waals surface area contributed by atoms with Gasteiger partial charge in [0.15, 0.2) is 0 Å². The third-order valence-electron chi connectivity index (χ3n) is 11.0. The number of nitrogens with one attached hydrogen (secondary N) is 6. The minimum absolute atomic E-state index is 0.124. The highest BCUT2D eigenvalue weighted by atomic mass is 32.2. The fraction of sp³-hybridized carbons (Fsp3) is 0.725. The molecule has 2 aliphatic heterocycles. The van der Waals surface area contributed by atoms with E-state index in [0.29, 0.717) is 25.5 Å². The Kier molecular flexibility index (Phi) is 20.6. The Balaban J connectivity index is 1.92. The van der Waals surface area contributed by atoms with E-state index in [0.717, 1.165) is 37.7 Å². The highest BCUT2D eigenvalue weighted by Crippen LogP contribution is 2.52. The van der Waals surface area contributed by atoms with Crippen LogP contribution in [0.5, 0.6) is 0 Å². The molecule has 22 heteroatoms. The minimum Gasteiger partial charge on any atom is -0.481 e. The molecular formula is C40H61N7O13S2. The summed E-state index contributed by atoms with van der Waals surface area (Å²) in [4.78, 5) is 143. The molecular weight excluding hydrogens is 851 g/mol. The lowest BCUT2D eigenvalue weighted by Crippen LogP contribution is -2.62. The maximum Gasteiger partial charge on any atom is 0.303 e. The van der Waals surface area contributed by atoms with Crippen LogP contribution in [0.15, 0.2) is 0 Å². The first kappa shape index (κ1) is 51.6. The molecule has 6 atom stereocenters. The van der Waals surface area contributed by atoms with Crippen LogP contribution < -0.4 is 31.9 Å². The maximum atomic E-state index is 14.9. The summed E-state index contributed by atoms with van der Waals surface area (Å²) >= 11 is 3.24. The molecule has 0 aromatic rings. The molecule has 3 rings (SSSR count). The molecule has 0 radical (unpaired) electrons. The van der Waals surface area contributed by atoms with E-state index in [1.165, 1.54) is 4.90 Å². The van der Waals surface area contributed by atoms with Crippen LogP contribution in [0.3, 0.4) is 0 Å². The summed E-state index contributed by atoms with van der Waals surface area (Å²) in [5.41, 5.74) is 0. The van der Waals surface area contributed by atoms with Gasteiger partial charge in [0.1, 0.15) is 36.5 Å². The molecule has 2 heterocycles. The summed E-state index contributed by atoms with van der Waals surface area (Å²) in [7, 11) is 0. The van der Waals surface area contributed by atoms with Crippen molar-refractivity contribution in [1.29, 1.82) is 0 Å². The molecule has 2 saturated heterocycles. The number of likely N-dealkylation sites (tertiary alicyclic amines) is 1. The van der Waals surface area contributed by atoms with Crippen molar-refractivity contribution >= 4 is 88.9 Å². The zero-order chi connectivity index (χ0) is 46.1. The Morgan fingerprint density at radius 3 is 1.87 bits per heavy atom. The van der Waals surface area contributed by atoms with Crippen molar-refractivity contribution < 1.29 is 63.0 Å². The van der Waals surface area contributed by atoms with Crippen LogP contribution in [0.1, 0.15) is 105 Å². The van der Waals surface area contributed by atoms with Crippen LogP contribution in [-0.4, -0.2) is 145 Å². The summed E-state index contributed by atoms with van der Waals surface area (Å²) in [6.45, 7) is 5.94. The number of carboxylic acids is 2. The van der Waals surface area contributed by atoms with Gasteiger partial charge in [0.05, 0.1) is 16.7 Å². The third kappa shape index (κ3) is 15.3. The number of ketones is 1. The van der Waals surface area contributed by atoms with Crippen molar-refractivity contribution in [3.8, 4) is 0 Å². The molecule has 1 spiro atoms. The number of Topliss-reactive ketones (excluding diaryl/α,β-unsaturated/α-hetero) is 1. The number of aldehydes is 1. The molecule has 6 unspecified atom stereocenters. The lowest BCUT2D eigenvalue weighted by Gasteiger charge is -2.36. The first-order valence-electron chi connectivity index (χ1n) is 21.1. The molecule has 0 aromatic carbocycles. The summed E-state index contributed by atoms with van der Waals surface area (Å²) in [6, 6.07) is -7.61. The Morgan fingerprint density at radius 2 is 1.34 bits per heavy atom. The van der Waals surface area contributed by atoms with E-state index in [2.05, 4.69) is 31.9 Å². The molecule has 1 aliphatic carbocycles. The smallest absolute Gasteiger partial charge is 0.303 e. The second kappa shape index (κ2) is 24.8. The number of carboxylic acid groups (broad SMARTS) is 2. The molecule has 3 fully saturated rings. The second-order valence-electron chi connectivity index (χ2n) is 16.2. The fourth-order valence-corrected chi connectivity index (χ4v) is 11.1. The number of carbonyl (C=O) groups is 11. The highest BCUT2D eigenvalue weighted by Gasteiger charge is 2.53. The van der Waals surface area contributed by atoms with Crippen LogP contribution in [0.25, 0.3) is 0 Å². The average Bonchev–Trinajstić information content (AvgIpc) is 3.86. The lowest BCUT2D eigenvalue weighted by atomic mass is 9.83. The Labute approximate surface area is 369 Å². The van der Waals surface area contributed by atoms with Crippen LogP contribution in [-0.2, 0) is 52.7 Å². The summed E-state index contributed by atoms with van der Waals surface area (Å²) < 4.78 is -0.541. The van der Waals surface area contributed by atoms with E-state index in [1.807, 2.05) is 0 Å². The molecule has 7 amide bonds. The van der Waals surface area contributed by atoms with E-state index in [-0.39, 0.29) is 38.3 Å². The molecule has 20 nitrogen and oxygen atoms in total. The SMILES string of the molecule is CCCC(NC(=O)C1CC2(CN1C(=O)C(NC(=O)C(NC(=O)C(CCC(=O)O)NC(=O)C(CCC(=O)O)NC(C)=O)C(C)C)C1CCCCC1)SCCS2)C(=O)C(=O)NCC=O. The number of carbonyl (C=O) groups excluding carboxylic acids is 9. The van der Waals surface area contributed by atoms with E-state index < -0.39 is 125 Å². The molecule has 1 saturated carbocycles. The van der Waals surface area contributed by atoms with Gasteiger partial charge in [0.2, 0.25) is 41.2 Å². The number of amides is 7. The third-order valence-corrected chi connectivity index (χ3v) is 14.4. The van der Waals surface area contributed by atoms with Gasteiger partial charge in [-0.3, -0.25) is 47.9 Å². The normalized spacial score (nSPS) is 19.6. The molecule has 0 bridgehead atoms. The molecule has 8 N–H and O–H groups in total. The number of hydrogen-bond acceptors (Lipinski definition) is 13. The van der Waals surface area contributed by atoms with Gasteiger partial charge in [0.25, 0.3) is 5.91 Å². The number of hydrogen-bond donors (Lipinski definition) is 8. The van der Waals surface area contributed by atoms with Gasteiger partial charge < -0.3 is 51.8 Å². The highest BCUT2D eigenvalue weighted by molar-refractivity contribution is 8.21. The monoisotopic (exact) mass is 911 g/mol. The average molecular weight is 912 g/mol. The van der Waals surface area contributed by atoms with Crippen molar-refractivity contribution in [2.75, 3.05) is 24.6 Å². The van der Waals surface area contributed by atoms with Gasteiger partial charge in [-0.1, -0.05) is 46.5 Å². The van der Waals surface area contributed by atoms with E-state index >= 15 is 0 Å². The van der Waals surface area contributed by atoms with Gasteiger partial charge in [0, 0.05) is 44.2 Å². The van der Waals surface area contributed by atoms with Crippen molar-refractivity contribution in [3.63, 3.8) is 0 Å². The topological polar surface area (TPSA) is 304 Å². The van der Waals surface area contributed by atoms with Gasteiger partial charge >= 0.3 is 11.9 Å². The summed E-state index contributed by atoms with van der Waals surface area (Å²) in [6.07, 6.45) is 3.04. The standard InChI is InChI=1S/C40H61N7O13S2/c1-5-9-25(33(54)38(59)41-16-17-48)43-36(57)28-20-40(61-18-19-62-40)21-47(28)39(60)32(24-10-7-6-8-11-24)46-37(58)31(22(2)3)45-35(56)27(13-15-30(52)53)44-34(55)26(42-23(4)49)12-14-29(50)51/h17,22,24-28,31-32H,5-16,18-21H2,1-4H3,(H,41,59)(H,42,49)(H,43,57)(H,44,55)(H,45,56)(H,46,58)(H,50,51)(H,52,53). The van der Waals surface area contributed by atoms with Gasteiger partial charge in [-0.25, -0.2) is 0 Å². The molecule has 3 aliphatic rings. The van der Waals surface area contributed by atoms with Crippen LogP contribution >= 0.6 is 23.5 Å². The first-order chi connectivity index (χ1) is 29.3. The first-order valence-corrected chi connectivity index (χ1v) is 23.1. The van der Waals surface area contributed by atoms with Crippen LogP contribution in [0, 0.1) is 11.8 Å². The Morgan fingerprint density at radius 1 is 0.758 bits per heavy atom. The Hall–Kier alpha value is -4.73. The van der Waals surface area contributed by atoms with Crippen molar-refractivity contribution in [1.82, 2.24) is 36.8 Å². The fourth-order valence-electron chi connectivity index (χ4n) is 7.87. The molecule has 62 heavy (non-hydrogen) atoms. The largest absolute Gasteiger partial charge is 0.481 e. The molecule has 0 aromatic heterocycles. The van der Waals surface area contributed by atoms with Crippen LogP contribution in [0.4, 0.5) is 0 Å². The van der Waals surface area contributed by atoms with Gasteiger partial charge in [-0.2, -0.15) is 0 Å².